The first-order chi connectivity index (χ1) is 12.6. The Kier molecular flexibility index (Phi) is 7.56. The minimum absolute atomic E-state index is 0.0361. The van der Waals surface area contributed by atoms with Crippen LogP contribution in [0.2, 0.25) is 0 Å². The molecule has 0 radical (unpaired) electrons. The molecule has 0 bridgehead atoms. The third-order valence-electron chi connectivity index (χ3n) is 4.18. The summed E-state index contributed by atoms with van der Waals surface area (Å²) in [5.74, 6) is 1.41. The van der Waals surface area contributed by atoms with Gasteiger partial charge in [0.05, 0.1) is 18.9 Å². The standard InChI is InChI=1S/C11H11NO2.C9H15NO2/c1-8-10(7-13)11(12-14-8)9-5-3-2-4-6-9;1-3-4-5-9-8(6-11)7(2)12-10-9/h2-6,13H,7H2,1H3;11H,3-6H2,1-2H3. The Bertz CT molecular complexity index is 794. The van der Waals surface area contributed by atoms with Gasteiger partial charge in [-0.15, -0.1) is 0 Å². The summed E-state index contributed by atoms with van der Waals surface area (Å²) in [7, 11) is 0. The Morgan fingerprint density at radius 2 is 1.50 bits per heavy atom. The molecule has 6 heteroatoms. The fourth-order valence-corrected chi connectivity index (χ4v) is 2.58. The fraction of sp³-hybridized carbons (Fsp3) is 0.400. The van der Waals surface area contributed by atoms with Crippen LogP contribution in [0.5, 0.6) is 0 Å². The molecule has 0 saturated heterocycles. The largest absolute Gasteiger partial charge is 0.391 e. The zero-order valence-electron chi connectivity index (χ0n) is 15.5. The molecule has 0 aliphatic carbocycles. The number of nitrogens with zero attached hydrogens (tertiary/aromatic N) is 2. The van der Waals surface area contributed by atoms with Crippen LogP contribution in [-0.4, -0.2) is 20.5 Å². The van der Waals surface area contributed by atoms with Crippen LogP contribution in [0.3, 0.4) is 0 Å². The van der Waals surface area contributed by atoms with E-state index < -0.39 is 0 Å². The van der Waals surface area contributed by atoms with Gasteiger partial charge in [-0.2, -0.15) is 0 Å². The number of unbranched alkanes of at least 4 members (excludes halogenated alkanes) is 1. The first-order valence-corrected chi connectivity index (χ1v) is 8.78. The van der Waals surface area contributed by atoms with Gasteiger partial charge >= 0.3 is 0 Å². The van der Waals surface area contributed by atoms with Crippen LogP contribution in [0.15, 0.2) is 39.4 Å². The molecule has 0 atom stereocenters. The van der Waals surface area contributed by atoms with Crippen LogP contribution in [0.25, 0.3) is 11.3 Å². The summed E-state index contributed by atoms with van der Waals surface area (Å²) in [4.78, 5) is 0. The van der Waals surface area contributed by atoms with Crippen molar-refractivity contribution in [3.05, 3.63) is 58.7 Å². The topological polar surface area (TPSA) is 92.5 Å². The molecule has 0 aliphatic heterocycles. The van der Waals surface area contributed by atoms with Crippen molar-refractivity contribution in [3.8, 4) is 11.3 Å². The van der Waals surface area contributed by atoms with Crippen molar-refractivity contribution in [3.63, 3.8) is 0 Å². The quantitative estimate of drug-likeness (QED) is 0.693. The Labute approximate surface area is 153 Å². The van der Waals surface area contributed by atoms with E-state index in [9.17, 15) is 0 Å². The third-order valence-corrected chi connectivity index (χ3v) is 4.18. The normalized spacial score (nSPS) is 10.5. The van der Waals surface area contributed by atoms with E-state index in [4.69, 9.17) is 19.3 Å². The van der Waals surface area contributed by atoms with E-state index in [2.05, 4.69) is 17.2 Å². The van der Waals surface area contributed by atoms with Crippen molar-refractivity contribution in [2.24, 2.45) is 0 Å². The van der Waals surface area contributed by atoms with E-state index >= 15 is 0 Å². The van der Waals surface area contributed by atoms with Crippen molar-refractivity contribution >= 4 is 0 Å². The molecule has 0 fully saturated rings. The Morgan fingerprint density at radius 3 is 2.12 bits per heavy atom. The number of aliphatic hydroxyl groups excluding tert-OH is 2. The summed E-state index contributed by atoms with van der Waals surface area (Å²) in [6.45, 7) is 5.75. The smallest absolute Gasteiger partial charge is 0.139 e. The number of aliphatic hydroxyl groups is 2. The van der Waals surface area contributed by atoms with Crippen molar-refractivity contribution in [2.45, 2.75) is 53.2 Å². The van der Waals surface area contributed by atoms with Gasteiger partial charge in [-0.25, -0.2) is 0 Å². The summed E-state index contributed by atoms with van der Waals surface area (Å²) < 4.78 is 10.0. The van der Waals surface area contributed by atoms with E-state index in [1.807, 2.05) is 37.3 Å². The van der Waals surface area contributed by atoms with Crippen LogP contribution < -0.4 is 0 Å². The van der Waals surface area contributed by atoms with Crippen LogP contribution in [0.1, 0.15) is 48.1 Å². The zero-order chi connectivity index (χ0) is 18.9. The van der Waals surface area contributed by atoms with E-state index in [0.29, 0.717) is 5.76 Å². The van der Waals surface area contributed by atoms with Gasteiger partial charge in [-0.3, -0.25) is 0 Å². The van der Waals surface area contributed by atoms with Gasteiger partial charge in [0.1, 0.15) is 17.2 Å². The number of hydrogen-bond acceptors (Lipinski definition) is 6. The Balaban J connectivity index is 0.000000190. The minimum atomic E-state index is -0.0421. The van der Waals surface area contributed by atoms with E-state index in [1.165, 1.54) is 0 Å². The SMILES string of the molecule is CCCCc1noc(C)c1CO.Cc1onc(-c2ccccc2)c1CO. The van der Waals surface area contributed by atoms with Gasteiger partial charge in [0.25, 0.3) is 0 Å². The van der Waals surface area contributed by atoms with Gasteiger partial charge in [-0.1, -0.05) is 54.0 Å². The molecule has 2 N–H and O–H groups in total. The summed E-state index contributed by atoms with van der Waals surface area (Å²) in [6, 6.07) is 9.68. The number of aromatic nitrogens is 2. The monoisotopic (exact) mass is 358 g/mol. The van der Waals surface area contributed by atoms with Gasteiger partial charge in [0.15, 0.2) is 0 Å². The minimum Gasteiger partial charge on any atom is -0.391 e. The lowest BCUT2D eigenvalue weighted by atomic mass is 10.1. The molecule has 3 rings (SSSR count). The molecule has 2 heterocycles. The first-order valence-electron chi connectivity index (χ1n) is 8.78. The fourth-order valence-electron chi connectivity index (χ4n) is 2.58. The maximum atomic E-state index is 9.15. The lowest BCUT2D eigenvalue weighted by molar-refractivity contribution is 0.277. The molecule has 3 aromatic rings. The van der Waals surface area contributed by atoms with Crippen molar-refractivity contribution < 1.29 is 19.3 Å². The average Bonchev–Trinajstić information content (AvgIpc) is 3.22. The molecule has 6 nitrogen and oxygen atoms in total. The van der Waals surface area contributed by atoms with Crippen molar-refractivity contribution in [1.82, 2.24) is 10.3 Å². The van der Waals surface area contributed by atoms with Gasteiger partial charge in [0.2, 0.25) is 0 Å². The van der Waals surface area contributed by atoms with E-state index in [-0.39, 0.29) is 13.2 Å². The second kappa shape index (κ2) is 9.89. The summed E-state index contributed by atoms with van der Waals surface area (Å²) >= 11 is 0. The molecule has 0 unspecified atom stereocenters. The van der Waals surface area contributed by atoms with Crippen LogP contribution in [0.4, 0.5) is 0 Å². The average molecular weight is 358 g/mol. The molecular weight excluding hydrogens is 332 g/mol. The number of rotatable bonds is 6. The highest BCUT2D eigenvalue weighted by molar-refractivity contribution is 5.62. The number of aryl methyl sites for hydroxylation is 3. The molecule has 140 valence electrons. The highest BCUT2D eigenvalue weighted by Crippen LogP contribution is 2.24. The second-order valence-corrected chi connectivity index (χ2v) is 6.02. The molecule has 26 heavy (non-hydrogen) atoms. The second-order valence-electron chi connectivity index (χ2n) is 6.02. The Morgan fingerprint density at radius 1 is 0.885 bits per heavy atom. The predicted octanol–water partition coefficient (Wildman–Crippen LogP) is 3.96. The first kappa shape index (κ1) is 19.9. The molecule has 0 amide bonds. The molecule has 2 aromatic heterocycles. The van der Waals surface area contributed by atoms with E-state index in [0.717, 1.165) is 53.1 Å². The lowest BCUT2D eigenvalue weighted by Crippen LogP contribution is -1.92. The summed E-state index contributed by atoms with van der Waals surface area (Å²) in [5.41, 5.74) is 4.23. The lowest BCUT2D eigenvalue weighted by Gasteiger charge is -1.97. The molecule has 1 aromatic carbocycles. The maximum absolute atomic E-state index is 9.15. The predicted molar refractivity (Wildman–Crippen MR) is 98.4 cm³/mol. The maximum Gasteiger partial charge on any atom is 0.139 e. The van der Waals surface area contributed by atoms with Gasteiger partial charge in [-0.05, 0) is 26.7 Å². The number of benzene rings is 1. The van der Waals surface area contributed by atoms with Crippen LogP contribution >= 0.6 is 0 Å². The third kappa shape index (κ3) is 4.80. The van der Waals surface area contributed by atoms with Crippen molar-refractivity contribution in [1.29, 1.82) is 0 Å². The van der Waals surface area contributed by atoms with Gasteiger partial charge < -0.3 is 19.3 Å². The number of hydrogen-bond donors (Lipinski definition) is 2. The van der Waals surface area contributed by atoms with Crippen molar-refractivity contribution in [2.75, 3.05) is 0 Å². The highest BCUT2D eigenvalue weighted by atomic mass is 16.5. The molecule has 0 saturated carbocycles. The van der Waals surface area contributed by atoms with Crippen LogP contribution in [0, 0.1) is 13.8 Å². The summed E-state index contributed by atoms with van der Waals surface area (Å²) in [5, 5.41) is 25.9. The van der Waals surface area contributed by atoms with Crippen LogP contribution in [-0.2, 0) is 19.6 Å². The summed E-state index contributed by atoms with van der Waals surface area (Å²) in [6.07, 6.45) is 3.14. The van der Waals surface area contributed by atoms with Gasteiger partial charge in [0, 0.05) is 16.7 Å². The zero-order valence-corrected chi connectivity index (χ0v) is 15.5. The molecule has 0 spiro atoms. The molecule has 0 aliphatic rings. The molecular formula is C20H26N2O4. The Hall–Kier alpha value is -2.44. The van der Waals surface area contributed by atoms with E-state index in [1.54, 1.807) is 6.92 Å². The highest BCUT2D eigenvalue weighted by Gasteiger charge is 2.12.